The summed E-state index contributed by atoms with van der Waals surface area (Å²) in [5.74, 6) is 1.35. The lowest BCUT2D eigenvalue weighted by Crippen LogP contribution is -2.25. The summed E-state index contributed by atoms with van der Waals surface area (Å²) in [5.41, 5.74) is -0.0608. The monoisotopic (exact) mass is 250 g/mol. The molecule has 18 heavy (non-hydrogen) atoms. The molecule has 0 spiro atoms. The molecular weight excluding hydrogens is 232 g/mol. The van der Waals surface area contributed by atoms with Crippen molar-refractivity contribution in [1.82, 2.24) is 19.3 Å². The lowest BCUT2D eigenvalue weighted by Gasteiger charge is -2.03. The Balaban J connectivity index is 2.21. The van der Waals surface area contributed by atoms with Crippen molar-refractivity contribution in [3.05, 3.63) is 34.6 Å². The van der Waals surface area contributed by atoms with Gasteiger partial charge in [0.25, 0.3) is 0 Å². The molecule has 0 aliphatic rings. The first-order chi connectivity index (χ1) is 8.49. The van der Waals surface area contributed by atoms with Gasteiger partial charge in [-0.05, 0) is 13.8 Å². The average Bonchev–Trinajstić information content (AvgIpc) is 2.87. The van der Waals surface area contributed by atoms with E-state index in [9.17, 15) is 4.79 Å². The zero-order valence-corrected chi connectivity index (χ0v) is 11.1. The molecule has 0 saturated carbocycles. The Labute approximate surface area is 105 Å². The van der Waals surface area contributed by atoms with Crippen LogP contribution in [0.4, 0.5) is 0 Å². The Morgan fingerprint density at radius 1 is 1.28 bits per heavy atom. The maximum Gasteiger partial charge on any atom is 0.328 e. The van der Waals surface area contributed by atoms with Crippen LogP contribution in [-0.4, -0.2) is 19.3 Å². The molecule has 0 fully saturated rings. The number of nitrogens with zero attached hydrogens (tertiary/aromatic N) is 4. The smallest absolute Gasteiger partial charge is 0.328 e. The molecule has 0 aliphatic carbocycles. The Bertz CT molecular complexity index is 577. The summed E-state index contributed by atoms with van der Waals surface area (Å²) in [4.78, 5) is 16.2. The highest BCUT2D eigenvalue weighted by Crippen LogP contribution is 2.10. The van der Waals surface area contributed by atoms with Crippen molar-refractivity contribution in [2.24, 2.45) is 0 Å². The third-order valence-corrected chi connectivity index (χ3v) is 2.74. The van der Waals surface area contributed by atoms with Crippen LogP contribution >= 0.6 is 0 Å². The Morgan fingerprint density at radius 3 is 2.50 bits per heavy atom. The van der Waals surface area contributed by atoms with E-state index < -0.39 is 0 Å². The molecule has 2 aromatic heterocycles. The van der Waals surface area contributed by atoms with Gasteiger partial charge in [0.2, 0.25) is 5.89 Å². The lowest BCUT2D eigenvalue weighted by atomic mass is 10.2. The number of hydrogen-bond donors (Lipinski definition) is 0. The van der Waals surface area contributed by atoms with Gasteiger partial charge in [-0.3, -0.25) is 9.13 Å². The minimum Gasteiger partial charge on any atom is -0.337 e. The Morgan fingerprint density at radius 2 is 2.00 bits per heavy atom. The van der Waals surface area contributed by atoms with Crippen molar-refractivity contribution < 1.29 is 4.52 Å². The van der Waals surface area contributed by atoms with Crippen molar-refractivity contribution in [3.8, 4) is 0 Å². The molecule has 0 unspecified atom stereocenters. The summed E-state index contributed by atoms with van der Waals surface area (Å²) in [6.45, 7) is 8.25. The molecule has 0 aliphatic heterocycles. The molecule has 0 bridgehead atoms. The zero-order chi connectivity index (χ0) is 13.3. The molecule has 6 heteroatoms. The molecule has 0 saturated heterocycles. The van der Waals surface area contributed by atoms with Crippen molar-refractivity contribution >= 4 is 0 Å². The molecule has 0 radical (unpaired) electrons. The van der Waals surface area contributed by atoms with Crippen LogP contribution in [0.15, 0.2) is 21.7 Å². The highest BCUT2D eigenvalue weighted by atomic mass is 16.5. The van der Waals surface area contributed by atoms with Crippen molar-refractivity contribution in [1.29, 1.82) is 0 Å². The average molecular weight is 250 g/mol. The van der Waals surface area contributed by atoms with Gasteiger partial charge in [-0.2, -0.15) is 4.98 Å². The van der Waals surface area contributed by atoms with E-state index in [4.69, 9.17) is 4.52 Å². The quantitative estimate of drug-likeness (QED) is 0.829. The van der Waals surface area contributed by atoms with E-state index in [1.165, 1.54) is 0 Å². The molecule has 0 atom stereocenters. The first-order valence-corrected chi connectivity index (χ1v) is 6.08. The van der Waals surface area contributed by atoms with E-state index in [2.05, 4.69) is 10.1 Å². The number of aromatic nitrogens is 4. The molecule has 6 nitrogen and oxygen atoms in total. The summed E-state index contributed by atoms with van der Waals surface area (Å²) >= 11 is 0. The summed E-state index contributed by atoms with van der Waals surface area (Å²) in [7, 11) is 0. The topological polar surface area (TPSA) is 65.8 Å². The van der Waals surface area contributed by atoms with Gasteiger partial charge in [0, 0.05) is 24.4 Å². The highest BCUT2D eigenvalue weighted by molar-refractivity contribution is 4.94. The third kappa shape index (κ3) is 2.37. The fourth-order valence-corrected chi connectivity index (χ4v) is 1.65. The van der Waals surface area contributed by atoms with Crippen LogP contribution in [0.1, 0.15) is 51.4 Å². The van der Waals surface area contributed by atoms with E-state index in [1.54, 1.807) is 21.5 Å². The van der Waals surface area contributed by atoms with E-state index >= 15 is 0 Å². The van der Waals surface area contributed by atoms with E-state index in [-0.39, 0.29) is 17.6 Å². The van der Waals surface area contributed by atoms with Crippen molar-refractivity contribution in [2.45, 2.75) is 46.2 Å². The Hall–Kier alpha value is -1.85. The van der Waals surface area contributed by atoms with E-state index in [0.29, 0.717) is 18.3 Å². The minimum absolute atomic E-state index is 0.0608. The van der Waals surface area contributed by atoms with E-state index in [0.717, 1.165) is 0 Å². The van der Waals surface area contributed by atoms with Gasteiger partial charge < -0.3 is 4.52 Å². The third-order valence-electron chi connectivity index (χ3n) is 2.74. The first-order valence-electron chi connectivity index (χ1n) is 6.08. The first kappa shape index (κ1) is 12.6. The van der Waals surface area contributed by atoms with Crippen LogP contribution in [0.3, 0.4) is 0 Å². The second kappa shape index (κ2) is 4.80. The normalized spacial score (nSPS) is 11.7. The van der Waals surface area contributed by atoms with Gasteiger partial charge in [-0.1, -0.05) is 19.0 Å². The second-order valence-electron chi connectivity index (χ2n) is 4.91. The van der Waals surface area contributed by atoms with Crippen LogP contribution in [0.25, 0.3) is 0 Å². The minimum atomic E-state index is -0.0608. The predicted molar refractivity (Wildman–Crippen MR) is 66.6 cm³/mol. The number of imidazole rings is 1. The summed E-state index contributed by atoms with van der Waals surface area (Å²) in [6, 6.07) is 0.146. The molecule has 0 amide bonds. The van der Waals surface area contributed by atoms with Gasteiger partial charge in [-0.15, -0.1) is 0 Å². The summed E-state index contributed by atoms with van der Waals surface area (Å²) in [5, 5.41) is 3.88. The van der Waals surface area contributed by atoms with Gasteiger partial charge in [-0.25, -0.2) is 4.79 Å². The van der Waals surface area contributed by atoms with Crippen LogP contribution in [0.2, 0.25) is 0 Å². The van der Waals surface area contributed by atoms with Crippen LogP contribution < -0.4 is 5.69 Å². The summed E-state index contributed by atoms with van der Waals surface area (Å²) in [6.07, 6.45) is 3.51. The molecule has 2 aromatic rings. The standard InChI is InChI=1S/C12H18N4O2/c1-8(2)11-13-10(18-14-11)7-15-5-6-16(9(3)4)12(15)17/h5-6,8-9H,7H2,1-4H3. The number of hydrogen-bond acceptors (Lipinski definition) is 4. The fraction of sp³-hybridized carbons (Fsp3) is 0.583. The molecule has 2 heterocycles. The van der Waals surface area contributed by atoms with Gasteiger partial charge in [0.15, 0.2) is 5.82 Å². The van der Waals surface area contributed by atoms with E-state index in [1.807, 2.05) is 27.7 Å². The van der Waals surface area contributed by atoms with Gasteiger partial charge >= 0.3 is 5.69 Å². The van der Waals surface area contributed by atoms with Crippen molar-refractivity contribution in [2.75, 3.05) is 0 Å². The van der Waals surface area contributed by atoms with Gasteiger partial charge in [0.1, 0.15) is 6.54 Å². The maximum absolute atomic E-state index is 12.0. The van der Waals surface area contributed by atoms with Crippen LogP contribution in [-0.2, 0) is 6.54 Å². The largest absolute Gasteiger partial charge is 0.337 e. The maximum atomic E-state index is 12.0. The van der Waals surface area contributed by atoms with Crippen LogP contribution in [0.5, 0.6) is 0 Å². The molecule has 0 N–H and O–H groups in total. The Kier molecular flexibility index (Phi) is 3.36. The zero-order valence-electron chi connectivity index (χ0n) is 11.1. The summed E-state index contributed by atoms with van der Waals surface area (Å²) < 4.78 is 8.36. The highest BCUT2D eigenvalue weighted by Gasteiger charge is 2.12. The SMILES string of the molecule is CC(C)c1noc(Cn2ccn(C(C)C)c2=O)n1. The lowest BCUT2D eigenvalue weighted by molar-refractivity contribution is 0.362. The molecule has 2 rings (SSSR count). The molecule has 0 aromatic carbocycles. The molecule has 98 valence electrons. The second-order valence-corrected chi connectivity index (χ2v) is 4.91. The predicted octanol–water partition coefficient (Wildman–Crippen LogP) is 1.79. The van der Waals surface area contributed by atoms with Gasteiger partial charge in [0.05, 0.1) is 0 Å². The fourth-order valence-electron chi connectivity index (χ4n) is 1.65. The molecular formula is C12H18N4O2. The van der Waals surface area contributed by atoms with Crippen molar-refractivity contribution in [3.63, 3.8) is 0 Å². The van der Waals surface area contributed by atoms with Crippen LogP contribution in [0, 0.1) is 0 Å². The number of rotatable bonds is 4.